The molecule has 1 aromatic heterocycles. The van der Waals surface area contributed by atoms with E-state index in [1.165, 1.54) is 18.2 Å². The number of furan rings is 1. The van der Waals surface area contributed by atoms with Crippen molar-refractivity contribution in [3.63, 3.8) is 0 Å². The number of halogens is 1. The van der Waals surface area contributed by atoms with Gasteiger partial charge >= 0.3 is 0 Å². The van der Waals surface area contributed by atoms with Gasteiger partial charge in [-0.2, -0.15) is 0 Å². The lowest BCUT2D eigenvalue weighted by molar-refractivity contribution is 0.0903. The number of carbonyl (C=O) groups excluding carboxylic acids is 1. The van der Waals surface area contributed by atoms with Crippen molar-refractivity contribution >= 4 is 16.8 Å². The molecule has 0 amide bonds. The normalized spacial score (nSPS) is 12.8. The van der Waals surface area contributed by atoms with Crippen LogP contribution >= 0.6 is 0 Å². The van der Waals surface area contributed by atoms with Crippen molar-refractivity contribution < 1.29 is 13.6 Å². The summed E-state index contributed by atoms with van der Waals surface area (Å²) in [6.45, 7) is 5.27. The summed E-state index contributed by atoms with van der Waals surface area (Å²) in [6, 6.07) is 5.83. The molecule has 1 aromatic carbocycles. The third-order valence-electron chi connectivity index (χ3n) is 2.87. The molecule has 96 valence electrons. The van der Waals surface area contributed by atoms with Crippen LogP contribution < -0.4 is 5.32 Å². The minimum atomic E-state index is -0.331. The molecular weight excluding hydrogens is 233 g/mol. The molecule has 0 spiro atoms. The molecule has 2 aromatic rings. The Hall–Kier alpha value is -1.68. The summed E-state index contributed by atoms with van der Waals surface area (Å²) < 4.78 is 18.5. The second kappa shape index (κ2) is 5.31. The van der Waals surface area contributed by atoms with E-state index in [-0.39, 0.29) is 17.5 Å². The Morgan fingerprint density at radius 3 is 2.94 bits per heavy atom. The predicted molar refractivity (Wildman–Crippen MR) is 68.2 cm³/mol. The fourth-order valence-corrected chi connectivity index (χ4v) is 1.83. The van der Waals surface area contributed by atoms with Gasteiger partial charge in [0.05, 0.1) is 0 Å². The number of fused-ring (bicyclic) bond motifs is 1. The maximum atomic E-state index is 13.0. The average molecular weight is 249 g/mol. The van der Waals surface area contributed by atoms with Crippen molar-refractivity contribution in [2.45, 2.75) is 13.8 Å². The summed E-state index contributed by atoms with van der Waals surface area (Å²) in [4.78, 5) is 12.1. The van der Waals surface area contributed by atoms with Crippen LogP contribution in [0, 0.1) is 11.7 Å². The molecule has 1 unspecified atom stereocenters. The Morgan fingerprint density at radius 2 is 2.22 bits per heavy atom. The summed E-state index contributed by atoms with van der Waals surface area (Å²) in [5.41, 5.74) is 0.537. The molecule has 0 fully saturated rings. The first-order valence-corrected chi connectivity index (χ1v) is 6.06. The van der Waals surface area contributed by atoms with Crippen LogP contribution in [0.2, 0.25) is 0 Å². The smallest absolute Gasteiger partial charge is 0.202 e. The van der Waals surface area contributed by atoms with Gasteiger partial charge in [-0.05, 0) is 30.8 Å². The van der Waals surface area contributed by atoms with E-state index in [2.05, 4.69) is 5.32 Å². The lowest BCUT2D eigenvalue weighted by atomic mass is 10.0. The van der Waals surface area contributed by atoms with Crippen LogP contribution in [0.1, 0.15) is 24.4 Å². The van der Waals surface area contributed by atoms with E-state index < -0.39 is 0 Å². The standard InChI is InChI=1S/C14H16FNO2/c1-3-16-8-9(2)14(17)13-7-10-6-11(15)4-5-12(10)18-13/h4-7,9,16H,3,8H2,1-2H3. The molecular formula is C14H16FNO2. The zero-order valence-corrected chi connectivity index (χ0v) is 10.5. The second-order valence-electron chi connectivity index (χ2n) is 4.37. The first-order valence-electron chi connectivity index (χ1n) is 6.06. The van der Waals surface area contributed by atoms with E-state index in [0.717, 1.165) is 6.54 Å². The highest BCUT2D eigenvalue weighted by atomic mass is 19.1. The molecule has 4 heteroatoms. The van der Waals surface area contributed by atoms with Crippen LogP contribution in [-0.2, 0) is 0 Å². The molecule has 18 heavy (non-hydrogen) atoms. The van der Waals surface area contributed by atoms with Gasteiger partial charge < -0.3 is 9.73 Å². The van der Waals surface area contributed by atoms with Crippen LogP contribution in [-0.4, -0.2) is 18.9 Å². The lowest BCUT2D eigenvalue weighted by Gasteiger charge is -2.08. The number of Topliss-reactive ketones (excluding diaryl/α,β-unsaturated/α-hetero) is 1. The SMILES string of the molecule is CCNCC(C)C(=O)c1cc2cc(F)ccc2o1. The van der Waals surface area contributed by atoms with Gasteiger partial charge in [-0.25, -0.2) is 4.39 Å². The van der Waals surface area contributed by atoms with Gasteiger partial charge in [0.2, 0.25) is 5.78 Å². The molecule has 0 aliphatic rings. The predicted octanol–water partition coefficient (Wildman–Crippen LogP) is 3.00. The van der Waals surface area contributed by atoms with Gasteiger partial charge in [-0.1, -0.05) is 13.8 Å². The van der Waals surface area contributed by atoms with Gasteiger partial charge in [0.25, 0.3) is 0 Å². The number of rotatable bonds is 5. The maximum absolute atomic E-state index is 13.0. The van der Waals surface area contributed by atoms with Gasteiger partial charge in [-0.15, -0.1) is 0 Å². The summed E-state index contributed by atoms with van der Waals surface area (Å²) >= 11 is 0. The molecule has 2 rings (SSSR count). The Bertz CT molecular complexity index is 562. The number of nitrogens with one attached hydrogen (secondary N) is 1. The molecule has 0 aliphatic carbocycles. The number of hydrogen-bond donors (Lipinski definition) is 1. The summed E-state index contributed by atoms with van der Waals surface area (Å²) in [5, 5.41) is 3.74. The first-order chi connectivity index (χ1) is 8.61. The number of hydrogen-bond acceptors (Lipinski definition) is 3. The highest BCUT2D eigenvalue weighted by molar-refractivity contribution is 5.98. The fourth-order valence-electron chi connectivity index (χ4n) is 1.83. The molecule has 1 N–H and O–H groups in total. The molecule has 1 heterocycles. The van der Waals surface area contributed by atoms with Gasteiger partial charge in [0, 0.05) is 17.8 Å². The third-order valence-corrected chi connectivity index (χ3v) is 2.87. The number of ketones is 1. The van der Waals surface area contributed by atoms with Crippen molar-refractivity contribution in [3.05, 3.63) is 35.8 Å². The minimum absolute atomic E-state index is 0.0624. The highest BCUT2D eigenvalue weighted by Gasteiger charge is 2.19. The Kier molecular flexibility index (Phi) is 3.77. The number of carbonyl (C=O) groups is 1. The van der Waals surface area contributed by atoms with Gasteiger partial charge in [-0.3, -0.25) is 4.79 Å². The third kappa shape index (κ3) is 2.59. The molecule has 0 bridgehead atoms. The van der Waals surface area contributed by atoms with E-state index in [1.54, 1.807) is 6.07 Å². The van der Waals surface area contributed by atoms with Crippen molar-refractivity contribution in [1.82, 2.24) is 5.32 Å². The topological polar surface area (TPSA) is 42.2 Å². The summed E-state index contributed by atoms with van der Waals surface area (Å²) in [7, 11) is 0. The fraction of sp³-hybridized carbons (Fsp3) is 0.357. The van der Waals surface area contributed by atoms with Gasteiger partial charge in [0.1, 0.15) is 11.4 Å². The van der Waals surface area contributed by atoms with E-state index in [1.807, 2.05) is 13.8 Å². The van der Waals surface area contributed by atoms with Crippen molar-refractivity contribution in [2.24, 2.45) is 5.92 Å². The molecule has 0 saturated carbocycles. The molecule has 3 nitrogen and oxygen atoms in total. The Labute approximate surface area is 105 Å². The van der Waals surface area contributed by atoms with Crippen LogP contribution in [0.15, 0.2) is 28.7 Å². The van der Waals surface area contributed by atoms with Crippen LogP contribution in [0.3, 0.4) is 0 Å². The van der Waals surface area contributed by atoms with Crippen molar-refractivity contribution in [2.75, 3.05) is 13.1 Å². The molecule has 0 radical (unpaired) electrons. The second-order valence-corrected chi connectivity index (χ2v) is 4.37. The Balaban J connectivity index is 2.22. The maximum Gasteiger partial charge on any atom is 0.202 e. The zero-order valence-electron chi connectivity index (χ0n) is 10.5. The summed E-state index contributed by atoms with van der Waals surface area (Å²) in [6.07, 6.45) is 0. The largest absolute Gasteiger partial charge is 0.453 e. The van der Waals surface area contributed by atoms with E-state index >= 15 is 0 Å². The van der Waals surface area contributed by atoms with Crippen LogP contribution in [0.5, 0.6) is 0 Å². The van der Waals surface area contributed by atoms with E-state index in [0.29, 0.717) is 23.3 Å². The van der Waals surface area contributed by atoms with Crippen LogP contribution in [0.4, 0.5) is 4.39 Å². The van der Waals surface area contributed by atoms with Gasteiger partial charge in [0.15, 0.2) is 5.76 Å². The molecule has 1 atom stereocenters. The first kappa shape index (κ1) is 12.8. The average Bonchev–Trinajstić information content (AvgIpc) is 2.77. The van der Waals surface area contributed by atoms with E-state index in [9.17, 15) is 9.18 Å². The lowest BCUT2D eigenvalue weighted by Crippen LogP contribution is -2.26. The summed E-state index contributed by atoms with van der Waals surface area (Å²) in [5.74, 6) is -0.257. The zero-order chi connectivity index (χ0) is 13.1. The van der Waals surface area contributed by atoms with E-state index in [4.69, 9.17) is 4.42 Å². The monoisotopic (exact) mass is 249 g/mol. The number of benzene rings is 1. The van der Waals surface area contributed by atoms with Crippen molar-refractivity contribution in [1.29, 1.82) is 0 Å². The highest BCUT2D eigenvalue weighted by Crippen LogP contribution is 2.22. The van der Waals surface area contributed by atoms with Crippen molar-refractivity contribution in [3.8, 4) is 0 Å². The Morgan fingerprint density at radius 1 is 1.44 bits per heavy atom. The molecule has 0 saturated heterocycles. The molecule has 0 aliphatic heterocycles. The quantitative estimate of drug-likeness (QED) is 0.828. The van der Waals surface area contributed by atoms with Crippen LogP contribution in [0.25, 0.3) is 11.0 Å². The minimum Gasteiger partial charge on any atom is -0.453 e.